The molecule has 0 saturated carbocycles. The standard InChI is InChI=1S/C4H3N2O/c7-4-1-5-3-6-2-4/h1-2,7H. The summed E-state index contributed by atoms with van der Waals surface area (Å²) in [5.74, 6) is 0.0683. The van der Waals surface area contributed by atoms with Crippen molar-refractivity contribution >= 4 is 0 Å². The van der Waals surface area contributed by atoms with E-state index in [9.17, 15) is 0 Å². The van der Waals surface area contributed by atoms with Crippen LogP contribution in [-0.2, 0) is 0 Å². The predicted molar refractivity (Wildman–Crippen MR) is 22.5 cm³/mol. The van der Waals surface area contributed by atoms with Crippen molar-refractivity contribution in [3.63, 3.8) is 0 Å². The second-order valence-corrected chi connectivity index (χ2v) is 1.04. The topological polar surface area (TPSA) is 46.0 Å². The van der Waals surface area contributed by atoms with Gasteiger partial charge in [-0.2, -0.15) is 0 Å². The summed E-state index contributed by atoms with van der Waals surface area (Å²) in [6.45, 7) is 0. The lowest BCUT2D eigenvalue weighted by molar-refractivity contribution is 0.469. The number of rotatable bonds is 0. The molecule has 0 aliphatic heterocycles. The van der Waals surface area contributed by atoms with Gasteiger partial charge in [0.2, 0.25) is 0 Å². The summed E-state index contributed by atoms with van der Waals surface area (Å²) in [5.41, 5.74) is 0. The Labute approximate surface area is 40.7 Å². The molecule has 1 radical (unpaired) electrons. The Morgan fingerprint density at radius 1 is 1.43 bits per heavy atom. The fourth-order valence-corrected chi connectivity index (χ4v) is 0.257. The van der Waals surface area contributed by atoms with E-state index in [2.05, 4.69) is 16.3 Å². The lowest BCUT2D eigenvalue weighted by atomic mass is 10.6. The molecule has 35 valence electrons. The first-order valence-electron chi connectivity index (χ1n) is 1.76. The molecule has 0 spiro atoms. The van der Waals surface area contributed by atoms with E-state index >= 15 is 0 Å². The molecule has 0 atom stereocenters. The first-order valence-corrected chi connectivity index (χ1v) is 1.76. The van der Waals surface area contributed by atoms with E-state index in [1.165, 1.54) is 12.4 Å². The average Bonchev–Trinajstić information content (AvgIpc) is 1.69. The molecule has 3 heteroatoms. The van der Waals surface area contributed by atoms with Crippen LogP contribution in [0.25, 0.3) is 0 Å². The van der Waals surface area contributed by atoms with E-state index in [1.54, 1.807) is 0 Å². The Kier molecular flexibility index (Phi) is 0.898. The molecule has 7 heavy (non-hydrogen) atoms. The number of hydrogen-bond donors (Lipinski definition) is 1. The summed E-state index contributed by atoms with van der Waals surface area (Å²) in [6.07, 6.45) is 4.81. The van der Waals surface area contributed by atoms with Crippen LogP contribution in [0.4, 0.5) is 0 Å². The largest absolute Gasteiger partial charge is 0.505 e. The van der Waals surface area contributed by atoms with Gasteiger partial charge in [-0.15, -0.1) is 0 Å². The monoisotopic (exact) mass is 95.0 g/mol. The van der Waals surface area contributed by atoms with Gasteiger partial charge in [0.25, 0.3) is 0 Å². The van der Waals surface area contributed by atoms with Crippen molar-refractivity contribution in [1.29, 1.82) is 0 Å². The Morgan fingerprint density at radius 2 is 2.00 bits per heavy atom. The van der Waals surface area contributed by atoms with Crippen molar-refractivity contribution in [1.82, 2.24) is 9.97 Å². The second-order valence-electron chi connectivity index (χ2n) is 1.04. The molecular formula is C4H3N2O. The molecule has 3 nitrogen and oxygen atoms in total. The summed E-state index contributed by atoms with van der Waals surface area (Å²) in [5, 5.41) is 8.49. The normalized spacial score (nSPS) is 8.57. The highest BCUT2D eigenvalue weighted by atomic mass is 16.3. The molecule has 0 fully saturated rings. The Hall–Kier alpha value is -1.12. The third kappa shape index (κ3) is 0.855. The minimum atomic E-state index is 0.0683. The van der Waals surface area contributed by atoms with Crippen LogP contribution in [0.1, 0.15) is 0 Å². The van der Waals surface area contributed by atoms with Crippen molar-refractivity contribution in [3.05, 3.63) is 18.7 Å². The Balaban J connectivity index is 3.02. The lowest BCUT2D eigenvalue weighted by Gasteiger charge is -1.80. The van der Waals surface area contributed by atoms with Gasteiger partial charge in [-0.05, 0) is 0 Å². The summed E-state index contributed by atoms with van der Waals surface area (Å²) in [4.78, 5) is 6.80. The van der Waals surface area contributed by atoms with E-state index in [-0.39, 0.29) is 5.75 Å². The molecule has 0 saturated heterocycles. The molecule has 1 rings (SSSR count). The van der Waals surface area contributed by atoms with Crippen molar-refractivity contribution in [2.24, 2.45) is 0 Å². The fraction of sp³-hybridized carbons (Fsp3) is 0. The second kappa shape index (κ2) is 1.55. The van der Waals surface area contributed by atoms with Crippen LogP contribution < -0.4 is 0 Å². The minimum Gasteiger partial charge on any atom is -0.505 e. The highest BCUT2D eigenvalue weighted by Crippen LogP contribution is 1.96. The highest BCUT2D eigenvalue weighted by molar-refractivity contribution is 5.05. The van der Waals surface area contributed by atoms with Crippen molar-refractivity contribution in [3.8, 4) is 5.75 Å². The van der Waals surface area contributed by atoms with Crippen LogP contribution >= 0.6 is 0 Å². The Bertz CT molecular complexity index is 140. The maximum atomic E-state index is 8.49. The zero-order valence-electron chi connectivity index (χ0n) is 3.50. The molecule has 0 bridgehead atoms. The summed E-state index contributed by atoms with van der Waals surface area (Å²) < 4.78 is 0. The molecule has 0 aliphatic carbocycles. The van der Waals surface area contributed by atoms with Gasteiger partial charge in [0.15, 0.2) is 12.1 Å². The van der Waals surface area contributed by atoms with Crippen molar-refractivity contribution in [2.75, 3.05) is 0 Å². The van der Waals surface area contributed by atoms with E-state index in [1.807, 2.05) is 0 Å². The smallest absolute Gasteiger partial charge is 0.197 e. The lowest BCUT2D eigenvalue weighted by Crippen LogP contribution is -1.72. The van der Waals surface area contributed by atoms with Crippen LogP contribution in [-0.4, -0.2) is 15.1 Å². The van der Waals surface area contributed by atoms with Gasteiger partial charge < -0.3 is 5.11 Å². The third-order valence-electron chi connectivity index (χ3n) is 0.509. The van der Waals surface area contributed by atoms with Gasteiger partial charge in [0.1, 0.15) is 0 Å². The molecule has 1 aromatic rings. The maximum absolute atomic E-state index is 8.49. The fourth-order valence-electron chi connectivity index (χ4n) is 0.257. The summed E-state index contributed by atoms with van der Waals surface area (Å²) in [6, 6.07) is 0. The van der Waals surface area contributed by atoms with E-state index in [0.717, 1.165) is 0 Å². The third-order valence-corrected chi connectivity index (χ3v) is 0.509. The van der Waals surface area contributed by atoms with E-state index < -0.39 is 0 Å². The van der Waals surface area contributed by atoms with Crippen LogP contribution in [0.3, 0.4) is 0 Å². The first kappa shape index (κ1) is 4.05. The number of aromatic nitrogens is 2. The van der Waals surface area contributed by atoms with Gasteiger partial charge in [-0.3, -0.25) is 0 Å². The quantitative estimate of drug-likeness (QED) is 0.492. The molecule has 0 aliphatic rings. The molecule has 0 aromatic carbocycles. The zero-order chi connectivity index (χ0) is 5.11. The molecule has 1 N–H and O–H groups in total. The molecule has 0 unspecified atom stereocenters. The molecule has 1 aromatic heterocycles. The van der Waals surface area contributed by atoms with Crippen molar-refractivity contribution in [2.45, 2.75) is 0 Å². The van der Waals surface area contributed by atoms with Crippen LogP contribution in [0.2, 0.25) is 0 Å². The SMILES string of the molecule is Oc1cn[c]nc1. The molecule has 1 heterocycles. The Morgan fingerprint density at radius 3 is 2.29 bits per heavy atom. The van der Waals surface area contributed by atoms with E-state index in [4.69, 9.17) is 5.11 Å². The van der Waals surface area contributed by atoms with Crippen LogP contribution in [0.5, 0.6) is 5.75 Å². The molecule has 0 amide bonds. The number of aromatic hydroxyl groups is 1. The van der Waals surface area contributed by atoms with Gasteiger partial charge in [0, 0.05) is 0 Å². The van der Waals surface area contributed by atoms with Gasteiger partial charge in [-0.25, -0.2) is 9.97 Å². The van der Waals surface area contributed by atoms with Gasteiger partial charge in [0.05, 0.1) is 12.4 Å². The highest BCUT2D eigenvalue weighted by Gasteiger charge is 1.78. The van der Waals surface area contributed by atoms with Crippen molar-refractivity contribution < 1.29 is 5.11 Å². The molecular weight excluding hydrogens is 92.1 g/mol. The van der Waals surface area contributed by atoms with E-state index in [0.29, 0.717) is 0 Å². The first-order chi connectivity index (χ1) is 3.39. The van der Waals surface area contributed by atoms with Crippen LogP contribution in [0.15, 0.2) is 12.4 Å². The maximum Gasteiger partial charge on any atom is 0.197 e. The minimum absolute atomic E-state index is 0.0683. The van der Waals surface area contributed by atoms with Gasteiger partial charge >= 0.3 is 0 Å². The summed E-state index contributed by atoms with van der Waals surface area (Å²) >= 11 is 0. The predicted octanol–water partition coefficient (Wildman–Crippen LogP) is -0.0176. The average molecular weight is 95.1 g/mol. The summed E-state index contributed by atoms with van der Waals surface area (Å²) in [7, 11) is 0. The van der Waals surface area contributed by atoms with Gasteiger partial charge in [-0.1, -0.05) is 0 Å². The van der Waals surface area contributed by atoms with Crippen LogP contribution in [0, 0.1) is 6.33 Å². The number of nitrogens with zero attached hydrogens (tertiary/aromatic N) is 2. The number of hydrogen-bond acceptors (Lipinski definition) is 3. The zero-order valence-corrected chi connectivity index (χ0v) is 3.50.